The van der Waals surface area contributed by atoms with Gasteiger partial charge >= 0.3 is 0 Å². The molecule has 2 unspecified atom stereocenters. The van der Waals surface area contributed by atoms with Crippen LogP contribution in [0.15, 0.2) is 96.0 Å². The van der Waals surface area contributed by atoms with Gasteiger partial charge in [-0.05, 0) is 53.6 Å². The Kier molecular flexibility index (Phi) is 8.53. The molecule has 1 fully saturated rings. The summed E-state index contributed by atoms with van der Waals surface area (Å²) in [4.78, 5) is 36.3. The molecule has 43 heavy (non-hydrogen) atoms. The van der Waals surface area contributed by atoms with E-state index in [0.29, 0.717) is 48.8 Å². The zero-order valence-corrected chi connectivity index (χ0v) is 23.6. The van der Waals surface area contributed by atoms with Crippen molar-refractivity contribution in [2.75, 3.05) is 37.7 Å². The van der Waals surface area contributed by atoms with E-state index in [1.807, 2.05) is 24.3 Å². The van der Waals surface area contributed by atoms with Crippen molar-refractivity contribution in [1.82, 2.24) is 10.2 Å². The quantitative estimate of drug-likeness (QED) is 0.416. The Hall–Kier alpha value is -4.47. The Morgan fingerprint density at radius 2 is 1.60 bits per heavy atom. The fraction of sp³-hybridized carbons (Fsp3) is 0.265. The summed E-state index contributed by atoms with van der Waals surface area (Å²) in [6, 6.07) is 16.9. The second-order valence-electron chi connectivity index (χ2n) is 10.8. The lowest BCUT2D eigenvalue weighted by atomic mass is 9.86. The number of aliphatic imine (C=N–C) groups is 1. The molecule has 6 rings (SSSR count). The predicted molar refractivity (Wildman–Crippen MR) is 162 cm³/mol. The largest absolute Gasteiger partial charge is 0.379 e. The number of rotatable bonds is 7. The maximum absolute atomic E-state index is 14.0. The van der Waals surface area contributed by atoms with Crippen molar-refractivity contribution in [2.24, 2.45) is 10.9 Å². The third-order valence-electron chi connectivity index (χ3n) is 7.98. The van der Waals surface area contributed by atoms with Gasteiger partial charge in [-0.15, -0.1) is 0 Å². The highest BCUT2D eigenvalue weighted by Gasteiger charge is 2.37. The monoisotopic (exact) mass is 582 g/mol. The first-order valence-electron chi connectivity index (χ1n) is 14.4. The summed E-state index contributed by atoms with van der Waals surface area (Å²) in [5, 5.41) is 2.88. The number of nitrogens with zero attached hydrogens (tertiary/aromatic N) is 3. The van der Waals surface area contributed by atoms with Gasteiger partial charge in [0, 0.05) is 44.1 Å². The van der Waals surface area contributed by atoms with Crippen LogP contribution in [0.25, 0.3) is 0 Å². The van der Waals surface area contributed by atoms with Crippen molar-refractivity contribution < 1.29 is 23.1 Å². The van der Waals surface area contributed by atoms with Crippen molar-refractivity contribution in [1.29, 1.82) is 0 Å². The number of ether oxygens (including phenoxy) is 1. The molecule has 2 amide bonds. The molecule has 1 N–H and O–H groups in total. The molecule has 7 nitrogen and oxygen atoms in total. The number of fused-ring (bicyclic) bond motifs is 2. The van der Waals surface area contributed by atoms with Crippen molar-refractivity contribution in [3.8, 4) is 0 Å². The number of hydrogen-bond donors (Lipinski definition) is 1. The molecule has 3 aromatic carbocycles. The normalized spacial score (nSPS) is 19.7. The number of morpholine rings is 1. The SMILES string of the molecule is O=C(NCc1ccc(F)cc1)c1ccc2c(c1)N=C(c1ccc(F)cc1)C1C=CC=CC1N2C(=O)CCN1CCOCC1. The third kappa shape index (κ3) is 6.48. The summed E-state index contributed by atoms with van der Waals surface area (Å²) in [5.41, 5.74) is 3.63. The van der Waals surface area contributed by atoms with Crippen LogP contribution in [0.2, 0.25) is 0 Å². The average Bonchev–Trinajstić information content (AvgIpc) is 3.18. The molecule has 0 spiro atoms. The standard InChI is InChI=1S/C34H32F2N4O3/c35-26-10-5-23(6-11-26)22-37-34(42)25-9-14-31-29(21-25)38-33(24-7-12-27(36)13-8-24)28-3-1-2-4-30(28)40(31)32(41)15-16-39-17-19-43-20-18-39/h1-14,21,28,30H,15-20,22H2,(H,37,42). The average molecular weight is 583 g/mol. The molecule has 1 aliphatic carbocycles. The van der Waals surface area contributed by atoms with Crippen LogP contribution in [0.1, 0.15) is 27.9 Å². The molecule has 1 saturated heterocycles. The molecule has 0 saturated carbocycles. The van der Waals surface area contributed by atoms with Crippen molar-refractivity contribution in [3.05, 3.63) is 119 Å². The number of carbonyl (C=O) groups excluding carboxylic acids is 2. The predicted octanol–water partition coefficient (Wildman–Crippen LogP) is 5.20. The van der Waals surface area contributed by atoms with Gasteiger partial charge in [0.1, 0.15) is 11.6 Å². The molecule has 2 atom stereocenters. The lowest BCUT2D eigenvalue weighted by Crippen LogP contribution is -2.47. The smallest absolute Gasteiger partial charge is 0.251 e. The number of nitrogens with one attached hydrogen (secondary N) is 1. The van der Waals surface area contributed by atoms with Gasteiger partial charge < -0.3 is 15.0 Å². The first kappa shape index (κ1) is 28.6. The van der Waals surface area contributed by atoms with E-state index in [0.717, 1.165) is 24.2 Å². The van der Waals surface area contributed by atoms with Gasteiger partial charge in [-0.25, -0.2) is 13.8 Å². The van der Waals surface area contributed by atoms with E-state index in [9.17, 15) is 18.4 Å². The lowest BCUT2D eigenvalue weighted by Gasteiger charge is -2.35. The number of allylic oxidation sites excluding steroid dienone is 2. The fourth-order valence-corrected chi connectivity index (χ4v) is 5.68. The van der Waals surface area contributed by atoms with Crippen LogP contribution in [0, 0.1) is 17.6 Å². The molecule has 3 aromatic rings. The van der Waals surface area contributed by atoms with Gasteiger partial charge in [0.05, 0.1) is 36.3 Å². The number of hydrogen-bond acceptors (Lipinski definition) is 5. The van der Waals surface area contributed by atoms with Crippen LogP contribution in [0.5, 0.6) is 0 Å². The molecule has 0 bridgehead atoms. The van der Waals surface area contributed by atoms with Crippen LogP contribution >= 0.6 is 0 Å². The molecule has 0 aromatic heterocycles. The van der Waals surface area contributed by atoms with E-state index in [2.05, 4.69) is 10.2 Å². The van der Waals surface area contributed by atoms with Crippen molar-refractivity contribution in [2.45, 2.75) is 19.0 Å². The number of benzene rings is 3. The Bertz CT molecular complexity index is 1580. The number of amides is 2. The van der Waals surface area contributed by atoms with Gasteiger partial charge in [0.2, 0.25) is 5.91 Å². The van der Waals surface area contributed by atoms with Crippen LogP contribution in [0.3, 0.4) is 0 Å². The second kappa shape index (κ2) is 12.8. The van der Waals surface area contributed by atoms with E-state index < -0.39 is 0 Å². The Morgan fingerprint density at radius 3 is 2.35 bits per heavy atom. The molecule has 3 aliphatic rings. The fourth-order valence-electron chi connectivity index (χ4n) is 5.68. The van der Waals surface area contributed by atoms with Crippen LogP contribution in [0.4, 0.5) is 20.2 Å². The lowest BCUT2D eigenvalue weighted by molar-refractivity contribution is -0.119. The minimum atomic E-state index is -0.356. The molecule has 2 heterocycles. The Balaban J connectivity index is 1.35. The van der Waals surface area contributed by atoms with E-state index in [1.165, 1.54) is 24.3 Å². The zero-order valence-electron chi connectivity index (χ0n) is 23.6. The molecule has 220 valence electrons. The van der Waals surface area contributed by atoms with Gasteiger partial charge in [0.25, 0.3) is 5.91 Å². The highest BCUT2D eigenvalue weighted by Crippen LogP contribution is 2.40. The second-order valence-corrected chi connectivity index (χ2v) is 10.8. The number of carbonyl (C=O) groups is 2. The first-order chi connectivity index (χ1) is 21.0. The first-order valence-corrected chi connectivity index (χ1v) is 14.4. The summed E-state index contributed by atoms with van der Waals surface area (Å²) in [6.45, 7) is 3.71. The van der Waals surface area contributed by atoms with E-state index in [1.54, 1.807) is 47.4 Å². The van der Waals surface area contributed by atoms with E-state index in [4.69, 9.17) is 9.73 Å². The van der Waals surface area contributed by atoms with Gasteiger partial charge in [0.15, 0.2) is 0 Å². The molecule has 0 radical (unpaired) electrons. The Labute approximate surface area is 249 Å². The third-order valence-corrected chi connectivity index (χ3v) is 7.98. The summed E-state index contributed by atoms with van der Waals surface area (Å²) in [6.07, 6.45) is 8.17. The summed E-state index contributed by atoms with van der Waals surface area (Å²) < 4.78 is 32.6. The minimum absolute atomic E-state index is 0.0493. The molecule has 2 aliphatic heterocycles. The maximum Gasteiger partial charge on any atom is 0.251 e. The Morgan fingerprint density at radius 1 is 0.907 bits per heavy atom. The van der Waals surface area contributed by atoms with Crippen molar-refractivity contribution in [3.63, 3.8) is 0 Å². The van der Waals surface area contributed by atoms with E-state index in [-0.39, 0.29) is 42.0 Å². The minimum Gasteiger partial charge on any atom is -0.379 e. The van der Waals surface area contributed by atoms with Crippen LogP contribution in [-0.2, 0) is 16.1 Å². The van der Waals surface area contributed by atoms with E-state index >= 15 is 0 Å². The number of anilines is 1. The van der Waals surface area contributed by atoms with Crippen molar-refractivity contribution >= 4 is 28.9 Å². The highest BCUT2D eigenvalue weighted by atomic mass is 19.1. The molecule has 9 heteroatoms. The number of halogens is 2. The summed E-state index contributed by atoms with van der Waals surface area (Å²) in [5.74, 6) is -1.35. The zero-order chi connectivity index (χ0) is 29.8. The topological polar surface area (TPSA) is 74.2 Å². The molecular weight excluding hydrogens is 550 g/mol. The van der Waals surface area contributed by atoms with Crippen LogP contribution in [-0.4, -0.2) is 61.3 Å². The maximum atomic E-state index is 14.0. The molecular formula is C34H32F2N4O3. The van der Waals surface area contributed by atoms with Gasteiger partial charge in [-0.1, -0.05) is 48.6 Å². The summed E-state index contributed by atoms with van der Waals surface area (Å²) >= 11 is 0. The summed E-state index contributed by atoms with van der Waals surface area (Å²) in [7, 11) is 0. The van der Waals surface area contributed by atoms with Gasteiger partial charge in [-0.2, -0.15) is 0 Å². The highest BCUT2D eigenvalue weighted by molar-refractivity contribution is 6.10. The van der Waals surface area contributed by atoms with Crippen LogP contribution < -0.4 is 10.2 Å². The van der Waals surface area contributed by atoms with Gasteiger partial charge in [-0.3, -0.25) is 14.5 Å².